The fraction of sp³-hybridized carbons (Fsp3) is 0.533. The molecular weight excluding hydrogens is 320 g/mol. The first kappa shape index (κ1) is 16.0. The molecule has 0 bridgehead atoms. The quantitative estimate of drug-likeness (QED) is 0.893. The van der Waals surface area contributed by atoms with Crippen LogP contribution < -0.4 is 5.32 Å². The van der Waals surface area contributed by atoms with Gasteiger partial charge in [-0.15, -0.1) is 0 Å². The maximum Gasteiger partial charge on any atom is 0.242 e. The Labute approximate surface area is 138 Å². The molecule has 8 heteroatoms. The molecule has 2 aromatic heterocycles. The first-order valence-corrected chi connectivity index (χ1v) is 7.88. The largest absolute Gasteiger partial charge is 0.379 e. The summed E-state index contributed by atoms with van der Waals surface area (Å²) in [7, 11) is 0. The first-order chi connectivity index (χ1) is 11.0. The summed E-state index contributed by atoms with van der Waals surface area (Å²) in [5, 5.41) is 11.6. The van der Waals surface area contributed by atoms with Crippen LogP contribution in [0.4, 0.5) is 0 Å². The number of carbonyl (C=O) groups excluding carboxylic acids is 1. The summed E-state index contributed by atoms with van der Waals surface area (Å²) in [5.74, 6) is 0.874. The topological polar surface area (TPSA) is 82.2 Å². The van der Waals surface area contributed by atoms with E-state index in [1.807, 2.05) is 13.0 Å². The van der Waals surface area contributed by atoms with Crippen molar-refractivity contribution in [3.63, 3.8) is 0 Å². The van der Waals surface area contributed by atoms with Crippen molar-refractivity contribution >= 4 is 17.5 Å². The fourth-order valence-corrected chi connectivity index (χ4v) is 2.85. The number of hydrogen-bond donors (Lipinski definition) is 1. The summed E-state index contributed by atoms with van der Waals surface area (Å²) in [5.41, 5.74) is 1.56. The molecule has 1 aliphatic rings. The number of halogens is 1. The number of carbonyl (C=O) groups is 1. The molecule has 0 radical (unpaired) electrons. The first-order valence-electron chi connectivity index (χ1n) is 7.50. The molecule has 7 nitrogen and oxygen atoms in total. The minimum Gasteiger partial charge on any atom is -0.379 e. The molecule has 0 aliphatic carbocycles. The summed E-state index contributed by atoms with van der Waals surface area (Å²) in [6, 6.07) is 1.87. The summed E-state index contributed by atoms with van der Waals surface area (Å²) in [4.78, 5) is 12.2. The van der Waals surface area contributed by atoms with Crippen molar-refractivity contribution in [3.05, 3.63) is 34.4 Å². The van der Waals surface area contributed by atoms with E-state index in [0.717, 1.165) is 11.5 Å². The number of aryl methyl sites for hydroxylation is 2. The van der Waals surface area contributed by atoms with E-state index >= 15 is 0 Å². The molecule has 124 valence electrons. The van der Waals surface area contributed by atoms with Crippen LogP contribution in [0, 0.1) is 19.8 Å². The normalized spacial score (nSPS) is 20.8. The monoisotopic (exact) mass is 338 g/mol. The molecule has 3 heterocycles. The Hall–Kier alpha value is -1.86. The van der Waals surface area contributed by atoms with Crippen LogP contribution in [-0.4, -0.2) is 40.1 Å². The van der Waals surface area contributed by atoms with Crippen LogP contribution in [0.1, 0.15) is 17.1 Å². The zero-order valence-electron chi connectivity index (χ0n) is 13.1. The van der Waals surface area contributed by atoms with Gasteiger partial charge in [0.2, 0.25) is 5.91 Å². The fourth-order valence-electron chi connectivity index (χ4n) is 2.70. The Morgan fingerprint density at radius 3 is 2.96 bits per heavy atom. The Bertz CT molecular complexity index is 677. The predicted octanol–water partition coefficient (Wildman–Crippen LogP) is 1.52. The molecule has 1 aliphatic heterocycles. The van der Waals surface area contributed by atoms with Crippen LogP contribution in [0.5, 0.6) is 0 Å². The Balaban J connectivity index is 1.56. The zero-order valence-corrected chi connectivity index (χ0v) is 13.8. The van der Waals surface area contributed by atoms with E-state index in [2.05, 4.69) is 15.6 Å². The summed E-state index contributed by atoms with van der Waals surface area (Å²) in [6.07, 6.45) is 2.34. The van der Waals surface area contributed by atoms with Crippen LogP contribution in [0.25, 0.3) is 0 Å². The van der Waals surface area contributed by atoms with Gasteiger partial charge in [-0.25, -0.2) is 0 Å². The Morgan fingerprint density at radius 2 is 2.30 bits per heavy atom. The zero-order chi connectivity index (χ0) is 16.4. The van der Waals surface area contributed by atoms with Gasteiger partial charge < -0.3 is 14.6 Å². The van der Waals surface area contributed by atoms with Gasteiger partial charge in [0.05, 0.1) is 35.7 Å². The number of amides is 1. The number of hydrogen-bond acceptors (Lipinski definition) is 5. The SMILES string of the molecule is Cc1cc(C[C@H]2COC[C@H]2NC(=O)Cn2cc(Cl)c(C)n2)on1. The number of aromatic nitrogens is 3. The lowest BCUT2D eigenvalue weighted by Gasteiger charge is -2.18. The maximum atomic E-state index is 12.2. The van der Waals surface area contributed by atoms with Gasteiger partial charge in [-0.3, -0.25) is 9.48 Å². The van der Waals surface area contributed by atoms with E-state index in [0.29, 0.717) is 30.4 Å². The Morgan fingerprint density at radius 1 is 1.48 bits per heavy atom. The molecule has 1 amide bonds. The van der Waals surface area contributed by atoms with Crippen molar-refractivity contribution in [1.29, 1.82) is 0 Å². The van der Waals surface area contributed by atoms with Gasteiger partial charge in [-0.05, 0) is 13.8 Å². The average Bonchev–Trinajstić information content (AvgIpc) is 3.15. The molecule has 23 heavy (non-hydrogen) atoms. The molecule has 1 saturated heterocycles. The molecule has 1 fully saturated rings. The maximum absolute atomic E-state index is 12.2. The minimum atomic E-state index is -0.113. The van der Waals surface area contributed by atoms with Crippen LogP contribution in [0.3, 0.4) is 0 Å². The van der Waals surface area contributed by atoms with Gasteiger partial charge >= 0.3 is 0 Å². The van der Waals surface area contributed by atoms with Crippen molar-refractivity contribution < 1.29 is 14.1 Å². The molecule has 0 spiro atoms. The number of rotatable bonds is 5. The number of nitrogens with one attached hydrogen (secondary N) is 1. The number of ether oxygens (including phenoxy) is 1. The van der Waals surface area contributed by atoms with Gasteiger partial charge in [0, 0.05) is 24.6 Å². The van der Waals surface area contributed by atoms with E-state index in [1.54, 1.807) is 13.1 Å². The van der Waals surface area contributed by atoms with Crippen molar-refractivity contribution in [1.82, 2.24) is 20.3 Å². The highest BCUT2D eigenvalue weighted by Crippen LogP contribution is 2.20. The van der Waals surface area contributed by atoms with Crippen LogP contribution >= 0.6 is 11.6 Å². The van der Waals surface area contributed by atoms with E-state index in [9.17, 15) is 4.79 Å². The van der Waals surface area contributed by atoms with E-state index in [1.165, 1.54) is 4.68 Å². The number of nitrogens with zero attached hydrogens (tertiary/aromatic N) is 3. The van der Waals surface area contributed by atoms with Crippen LogP contribution in [0.2, 0.25) is 5.02 Å². The molecule has 2 atom stereocenters. The lowest BCUT2D eigenvalue weighted by Crippen LogP contribution is -2.42. The van der Waals surface area contributed by atoms with Gasteiger partial charge in [-0.1, -0.05) is 16.8 Å². The van der Waals surface area contributed by atoms with Gasteiger partial charge in [0.15, 0.2) is 0 Å². The molecular formula is C15H19ClN4O3. The molecule has 2 aromatic rings. The van der Waals surface area contributed by atoms with Crippen molar-refractivity contribution in [2.24, 2.45) is 5.92 Å². The van der Waals surface area contributed by atoms with E-state index < -0.39 is 0 Å². The third kappa shape index (κ3) is 3.92. The second kappa shape index (κ2) is 6.72. The summed E-state index contributed by atoms with van der Waals surface area (Å²) >= 11 is 5.95. The predicted molar refractivity (Wildman–Crippen MR) is 83.2 cm³/mol. The molecule has 0 saturated carbocycles. The second-order valence-electron chi connectivity index (χ2n) is 5.87. The van der Waals surface area contributed by atoms with Crippen molar-refractivity contribution in [2.45, 2.75) is 32.9 Å². The second-order valence-corrected chi connectivity index (χ2v) is 6.28. The highest BCUT2D eigenvalue weighted by molar-refractivity contribution is 6.31. The molecule has 0 unspecified atom stereocenters. The van der Waals surface area contributed by atoms with Gasteiger partial charge in [0.1, 0.15) is 12.3 Å². The molecule has 1 N–H and O–H groups in total. The standard InChI is InChI=1S/C15H19ClN4O3/c1-9-3-12(23-19-9)4-11-7-22-8-14(11)17-15(21)6-20-5-13(16)10(2)18-20/h3,5,11,14H,4,6-8H2,1-2H3,(H,17,21)/t11-,14+/m0/s1. The third-order valence-corrected chi connectivity index (χ3v) is 4.25. The van der Waals surface area contributed by atoms with Crippen molar-refractivity contribution in [3.8, 4) is 0 Å². The van der Waals surface area contributed by atoms with Crippen molar-refractivity contribution in [2.75, 3.05) is 13.2 Å². The lowest BCUT2D eigenvalue weighted by molar-refractivity contribution is -0.122. The average molecular weight is 339 g/mol. The summed E-state index contributed by atoms with van der Waals surface area (Å²) < 4.78 is 12.3. The highest BCUT2D eigenvalue weighted by Gasteiger charge is 2.30. The Kier molecular flexibility index (Phi) is 4.68. The van der Waals surface area contributed by atoms with E-state index in [-0.39, 0.29) is 24.4 Å². The van der Waals surface area contributed by atoms with Gasteiger partial charge in [-0.2, -0.15) is 5.10 Å². The van der Waals surface area contributed by atoms with Crippen LogP contribution in [0.15, 0.2) is 16.8 Å². The molecule has 3 rings (SSSR count). The minimum absolute atomic E-state index is 0.0416. The van der Waals surface area contributed by atoms with Gasteiger partial charge in [0.25, 0.3) is 0 Å². The van der Waals surface area contributed by atoms with E-state index in [4.69, 9.17) is 20.9 Å². The highest BCUT2D eigenvalue weighted by atomic mass is 35.5. The lowest BCUT2D eigenvalue weighted by atomic mass is 9.98. The summed E-state index contributed by atoms with van der Waals surface area (Å²) in [6.45, 7) is 4.92. The smallest absolute Gasteiger partial charge is 0.242 e. The third-order valence-electron chi connectivity index (χ3n) is 3.88. The van der Waals surface area contributed by atoms with Crippen LogP contribution in [-0.2, 0) is 22.5 Å². The molecule has 0 aromatic carbocycles.